The largest absolute Gasteiger partial charge is 1.00 e. The van der Waals surface area contributed by atoms with Crippen molar-refractivity contribution in [3.05, 3.63) is 42.7 Å². The van der Waals surface area contributed by atoms with Gasteiger partial charge in [0.1, 0.15) is 6.54 Å². The summed E-state index contributed by atoms with van der Waals surface area (Å²) >= 11 is 0. The zero-order valence-corrected chi connectivity index (χ0v) is 27.9. The summed E-state index contributed by atoms with van der Waals surface area (Å²) in [4.78, 5) is 12.2. The number of hydrogen-bond donors (Lipinski definition) is 3. The van der Waals surface area contributed by atoms with Gasteiger partial charge in [0.2, 0.25) is 5.91 Å². The summed E-state index contributed by atoms with van der Waals surface area (Å²) < 4.78 is 2.27. The highest BCUT2D eigenvalue weighted by Crippen LogP contribution is 2.13. The number of aryl methyl sites for hydroxylation is 1. The van der Waals surface area contributed by atoms with Crippen LogP contribution in [-0.2, 0) is 11.3 Å². The number of hydrogen-bond acceptors (Lipinski definition) is 3. The SMILES string of the molecule is CCCCCCCCCCCC(=O)N[C@@H](CO)[C@@H](O)/C=C/CCCCCCCCCCCCC[n+]1ccccc1.[Br-]. The van der Waals surface area contributed by atoms with Gasteiger partial charge in [0.05, 0.1) is 18.8 Å². The maximum Gasteiger partial charge on any atom is 0.220 e. The van der Waals surface area contributed by atoms with Gasteiger partial charge in [0.15, 0.2) is 12.4 Å². The molecule has 0 aromatic carbocycles. The van der Waals surface area contributed by atoms with Crippen molar-refractivity contribution in [3.8, 4) is 0 Å². The van der Waals surface area contributed by atoms with Crippen LogP contribution in [0.4, 0.5) is 0 Å². The molecule has 41 heavy (non-hydrogen) atoms. The first-order valence-corrected chi connectivity index (χ1v) is 16.9. The van der Waals surface area contributed by atoms with Gasteiger partial charge in [-0.1, -0.05) is 128 Å². The lowest BCUT2D eigenvalue weighted by Gasteiger charge is -2.20. The molecule has 1 aromatic rings. The predicted molar refractivity (Wildman–Crippen MR) is 168 cm³/mol. The highest BCUT2D eigenvalue weighted by molar-refractivity contribution is 5.76. The summed E-state index contributed by atoms with van der Waals surface area (Å²) in [5, 5.41) is 22.8. The Kier molecular flexibility index (Phi) is 29.3. The molecule has 0 unspecified atom stereocenters. The lowest BCUT2D eigenvalue weighted by Crippen LogP contribution is -3.00. The van der Waals surface area contributed by atoms with Gasteiger partial charge in [-0.3, -0.25) is 4.79 Å². The number of aromatic nitrogens is 1. The number of carbonyl (C=O) groups excluding carboxylic acids is 1. The Hall–Kier alpha value is -1.24. The van der Waals surface area contributed by atoms with Crippen LogP contribution in [0.3, 0.4) is 0 Å². The molecule has 1 heterocycles. The fourth-order valence-corrected chi connectivity index (χ4v) is 5.21. The quantitative estimate of drug-likeness (QED) is 0.0689. The maximum atomic E-state index is 12.2. The predicted octanol–water partition coefficient (Wildman–Crippen LogP) is 4.97. The number of allylic oxidation sites excluding steroid dienone is 1. The molecule has 1 rings (SSSR count). The standard InChI is InChI=1S/C35H62N2O3.BrH/c1-2-3-4-5-6-12-16-19-23-28-35(40)36-33(32-38)34(39)27-22-18-15-13-10-8-7-9-11-14-17-20-24-29-37-30-25-21-26-31-37;/h21-22,25-27,30-31,33-34,38-39H,2-20,23-24,28-29,32H2,1H3;1H/b27-22+;/t33-,34-;/m0./s1. The van der Waals surface area contributed by atoms with Crippen LogP contribution in [0.25, 0.3) is 0 Å². The van der Waals surface area contributed by atoms with Crippen molar-refractivity contribution >= 4 is 5.91 Å². The molecule has 0 saturated carbocycles. The molecule has 0 aliphatic heterocycles. The fourth-order valence-electron chi connectivity index (χ4n) is 5.21. The molecule has 238 valence electrons. The third-order valence-electron chi connectivity index (χ3n) is 7.86. The van der Waals surface area contributed by atoms with Gasteiger partial charge in [-0.25, -0.2) is 4.57 Å². The zero-order chi connectivity index (χ0) is 28.9. The number of aliphatic hydroxyl groups excluding tert-OH is 2. The maximum absolute atomic E-state index is 12.2. The average molecular weight is 640 g/mol. The van der Waals surface area contributed by atoms with Gasteiger partial charge in [-0.2, -0.15) is 0 Å². The van der Waals surface area contributed by atoms with Crippen LogP contribution in [0.5, 0.6) is 0 Å². The second-order valence-corrected chi connectivity index (χ2v) is 11.6. The van der Waals surface area contributed by atoms with E-state index in [0.29, 0.717) is 6.42 Å². The van der Waals surface area contributed by atoms with Crippen molar-refractivity contribution in [1.82, 2.24) is 5.32 Å². The first-order chi connectivity index (χ1) is 19.7. The summed E-state index contributed by atoms with van der Waals surface area (Å²) in [5.41, 5.74) is 0. The second kappa shape index (κ2) is 30.2. The van der Waals surface area contributed by atoms with E-state index in [1.807, 2.05) is 6.08 Å². The Morgan fingerprint density at radius 3 is 1.76 bits per heavy atom. The molecular formula is C35H63BrN2O3. The number of pyridine rings is 1. The number of halogens is 1. The monoisotopic (exact) mass is 638 g/mol. The zero-order valence-electron chi connectivity index (χ0n) is 26.3. The smallest absolute Gasteiger partial charge is 0.220 e. The molecule has 0 aliphatic carbocycles. The third-order valence-corrected chi connectivity index (χ3v) is 7.86. The van der Waals surface area contributed by atoms with E-state index in [2.05, 4.69) is 47.4 Å². The van der Waals surface area contributed by atoms with Crippen LogP contribution in [0, 0.1) is 0 Å². The van der Waals surface area contributed by atoms with Gasteiger partial charge in [0, 0.05) is 25.0 Å². The van der Waals surface area contributed by atoms with E-state index in [4.69, 9.17) is 0 Å². The van der Waals surface area contributed by atoms with Gasteiger partial charge < -0.3 is 32.5 Å². The molecule has 0 fully saturated rings. The van der Waals surface area contributed by atoms with Crippen molar-refractivity contribution < 1.29 is 36.6 Å². The average Bonchev–Trinajstić information content (AvgIpc) is 2.97. The Balaban J connectivity index is 0.0000160. The lowest BCUT2D eigenvalue weighted by atomic mass is 10.0. The summed E-state index contributed by atoms with van der Waals surface area (Å²) in [6.07, 6.45) is 33.9. The Bertz CT molecular complexity index is 717. The van der Waals surface area contributed by atoms with Gasteiger partial charge in [-0.15, -0.1) is 0 Å². The topological polar surface area (TPSA) is 73.4 Å². The molecular weight excluding hydrogens is 576 g/mol. The normalized spacial score (nSPS) is 12.8. The number of carbonyl (C=O) groups is 1. The molecule has 3 N–H and O–H groups in total. The van der Waals surface area contributed by atoms with Crippen molar-refractivity contribution in [2.45, 2.75) is 167 Å². The third kappa shape index (κ3) is 25.0. The van der Waals surface area contributed by atoms with Crippen molar-refractivity contribution in [3.63, 3.8) is 0 Å². The number of unbranched alkanes of at least 4 members (excludes halogenated alkanes) is 19. The van der Waals surface area contributed by atoms with Gasteiger partial charge in [-0.05, 0) is 25.7 Å². The van der Waals surface area contributed by atoms with Gasteiger partial charge >= 0.3 is 0 Å². The number of nitrogens with zero attached hydrogens (tertiary/aromatic N) is 1. The van der Waals surface area contributed by atoms with Crippen LogP contribution in [-0.4, -0.2) is 34.9 Å². The van der Waals surface area contributed by atoms with Crippen molar-refractivity contribution in [1.29, 1.82) is 0 Å². The number of amides is 1. The lowest BCUT2D eigenvalue weighted by molar-refractivity contribution is -0.697. The van der Waals surface area contributed by atoms with Crippen LogP contribution in [0.1, 0.15) is 148 Å². The second-order valence-electron chi connectivity index (χ2n) is 11.6. The molecule has 0 saturated heterocycles. The van der Waals surface area contributed by atoms with Crippen LogP contribution < -0.4 is 26.9 Å². The fraction of sp³-hybridized carbons (Fsp3) is 0.771. The summed E-state index contributed by atoms with van der Waals surface area (Å²) in [6.45, 7) is 3.12. The summed E-state index contributed by atoms with van der Waals surface area (Å²) in [6, 6.07) is 5.64. The van der Waals surface area contributed by atoms with Crippen LogP contribution >= 0.6 is 0 Å². The van der Waals surface area contributed by atoms with Crippen LogP contribution in [0.2, 0.25) is 0 Å². The highest BCUT2D eigenvalue weighted by atomic mass is 79.9. The molecule has 1 amide bonds. The Labute approximate surface area is 263 Å². The molecule has 5 nitrogen and oxygen atoms in total. The van der Waals surface area contributed by atoms with E-state index < -0.39 is 12.1 Å². The van der Waals surface area contributed by atoms with Crippen molar-refractivity contribution in [2.75, 3.05) is 6.61 Å². The van der Waals surface area contributed by atoms with E-state index in [1.54, 1.807) is 6.08 Å². The summed E-state index contributed by atoms with van der Waals surface area (Å²) in [7, 11) is 0. The molecule has 0 spiro atoms. The first-order valence-electron chi connectivity index (χ1n) is 16.9. The molecule has 0 aliphatic rings. The number of rotatable bonds is 28. The highest BCUT2D eigenvalue weighted by Gasteiger charge is 2.17. The van der Waals surface area contributed by atoms with Gasteiger partial charge in [0.25, 0.3) is 0 Å². The van der Waals surface area contributed by atoms with Crippen LogP contribution in [0.15, 0.2) is 42.7 Å². The molecule has 6 heteroatoms. The minimum atomic E-state index is -0.839. The van der Waals surface area contributed by atoms with E-state index in [1.165, 1.54) is 109 Å². The number of aliphatic hydroxyl groups is 2. The molecule has 0 bridgehead atoms. The van der Waals surface area contributed by atoms with E-state index in [9.17, 15) is 15.0 Å². The Morgan fingerprint density at radius 2 is 1.22 bits per heavy atom. The van der Waals surface area contributed by atoms with Crippen molar-refractivity contribution in [2.24, 2.45) is 0 Å². The molecule has 0 radical (unpaired) electrons. The first kappa shape index (κ1) is 39.8. The number of nitrogens with one attached hydrogen (secondary N) is 1. The van der Waals surface area contributed by atoms with E-state index >= 15 is 0 Å². The Morgan fingerprint density at radius 1 is 0.732 bits per heavy atom. The molecule has 2 atom stereocenters. The molecule has 1 aromatic heterocycles. The van der Waals surface area contributed by atoms with E-state index in [-0.39, 0.29) is 29.5 Å². The van der Waals surface area contributed by atoms with E-state index in [0.717, 1.165) is 32.2 Å². The summed E-state index contributed by atoms with van der Waals surface area (Å²) in [5.74, 6) is -0.0726. The minimum Gasteiger partial charge on any atom is -1.00 e. The minimum absolute atomic E-state index is 0.